The van der Waals surface area contributed by atoms with Gasteiger partial charge in [0.1, 0.15) is 5.82 Å². The molecule has 1 aliphatic heterocycles. The number of rotatable bonds is 3. The quantitative estimate of drug-likeness (QED) is 0.756. The van der Waals surface area contributed by atoms with E-state index in [4.69, 9.17) is 11.6 Å². The second-order valence-electron chi connectivity index (χ2n) is 6.30. The third-order valence-corrected chi connectivity index (χ3v) is 4.88. The molecule has 2 nitrogen and oxygen atoms in total. The molecule has 140 valence electrons. The number of benzene rings is 2. The first-order chi connectivity index (χ1) is 12.4. The van der Waals surface area contributed by atoms with E-state index in [0.717, 1.165) is 19.0 Å². The third-order valence-electron chi connectivity index (χ3n) is 4.55. The minimum atomic E-state index is -4.56. The Hall–Kier alpha value is -1.63. The molecule has 0 bridgehead atoms. The molecule has 0 spiro atoms. The maximum absolute atomic E-state index is 14.5. The monoisotopic (exact) mass is 386 g/mol. The highest BCUT2D eigenvalue weighted by Crippen LogP contribution is 2.39. The van der Waals surface area contributed by atoms with E-state index in [-0.39, 0.29) is 5.02 Å². The molecule has 0 aromatic heterocycles. The average molecular weight is 387 g/mol. The SMILES string of the molecule is Fc1ccccc1C(c1ccc(Cl)c(C(F)(F)F)c1)N1CCCNCC1. The fourth-order valence-electron chi connectivity index (χ4n) is 3.34. The summed E-state index contributed by atoms with van der Waals surface area (Å²) in [4.78, 5) is 2.02. The Morgan fingerprint density at radius 3 is 2.54 bits per heavy atom. The van der Waals surface area contributed by atoms with Crippen LogP contribution in [0.15, 0.2) is 42.5 Å². The summed E-state index contributed by atoms with van der Waals surface area (Å²) in [6.45, 7) is 2.80. The number of nitrogens with zero attached hydrogens (tertiary/aromatic N) is 1. The van der Waals surface area contributed by atoms with Crippen LogP contribution in [0, 0.1) is 5.82 Å². The van der Waals surface area contributed by atoms with E-state index in [1.165, 1.54) is 12.1 Å². The molecule has 0 radical (unpaired) electrons. The number of nitrogens with one attached hydrogen (secondary N) is 1. The highest BCUT2D eigenvalue weighted by molar-refractivity contribution is 6.31. The lowest BCUT2D eigenvalue weighted by atomic mass is 9.94. The van der Waals surface area contributed by atoms with Gasteiger partial charge in [-0.2, -0.15) is 13.2 Å². The van der Waals surface area contributed by atoms with Gasteiger partial charge in [-0.15, -0.1) is 0 Å². The zero-order valence-electron chi connectivity index (χ0n) is 14.0. The molecule has 1 N–H and O–H groups in total. The largest absolute Gasteiger partial charge is 0.417 e. The Labute approximate surface area is 154 Å². The van der Waals surface area contributed by atoms with Crippen LogP contribution in [0.2, 0.25) is 5.02 Å². The predicted octanol–water partition coefficient (Wildman–Crippen LogP) is 4.88. The van der Waals surface area contributed by atoms with Gasteiger partial charge in [0.05, 0.1) is 16.6 Å². The molecule has 1 heterocycles. The Morgan fingerprint density at radius 2 is 1.81 bits per heavy atom. The topological polar surface area (TPSA) is 15.3 Å². The Balaban J connectivity index is 2.10. The van der Waals surface area contributed by atoms with E-state index >= 15 is 0 Å². The minimum absolute atomic E-state index is 0.355. The fraction of sp³-hybridized carbons (Fsp3) is 0.368. The van der Waals surface area contributed by atoms with Gasteiger partial charge < -0.3 is 5.32 Å². The van der Waals surface area contributed by atoms with Gasteiger partial charge in [-0.05, 0) is 36.7 Å². The first-order valence-electron chi connectivity index (χ1n) is 8.44. The molecule has 0 aliphatic carbocycles. The molecular formula is C19H19ClF4N2. The van der Waals surface area contributed by atoms with Crippen molar-refractivity contribution >= 4 is 11.6 Å². The van der Waals surface area contributed by atoms with Crippen LogP contribution in [0.25, 0.3) is 0 Å². The summed E-state index contributed by atoms with van der Waals surface area (Å²) in [6, 6.07) is 9.45. The maximum Gasteiger partial charge on any atom is 0.417 e. The van der Waals surface area contributed by atoms with E-state index in [9.17, 15) is 17.6 Å². The van der Waals surface area contributed by atoms with Gasteiger partial charge >= 0.3 is 6.18 Å². The summed E-state index contributed by atoms with van der Waals surface area (Å²) in [7, 11) is 0. The molecule has 2 aromatic carbocycles. The van der Waals surface area contributed by atoms with E-state index in [2.05, 4.69) is 5.32 Å². The van der Waals surface area contributed by atoms with Gasteiger partial charge in [0, 0.05) is 25.2 Å². The van der Waals surface area contributed by atoms with Crippen molar-refractivity contribution in [2.24, 2.45) is 0 Å². The van der Waals surface area contributed by atoms with Crippen molar-refractivity contribution in [2.75, 3.05) is 26.2 Å². The molecular weight excluding hydrogens is 368 g/mol. The second-order valence-corrected chi connectivity index (χ2v) is 6.71. The normalized spacial score (nSPS) is 17.7. The van der Waals surface area contributed by atoms with Crippen LogP contribution in [-0.2, 0) is 6.18 Å². The second kappa shape index (κ2) is 7.94. The Morgan fingerprint density at radius 1 is 1.04 bits per heavy atom. The highest BCUT2D eigenvalue weighted by atomic mass is 35.5. The minimum Gasteiger partial charge on any atom is -0.315 e. The summed E-state index contributed by atoms with van der Waals surface area (Å²) in [5, 5.41) is 2.90. The molecule has 0 amide bonds. The van der Waals surface area contributed by atoms with Gasteiger partial charge in [-0.3, -0.25) is 4.90 Å². The zero-order valence-corrected chi connectivity index (χ0v) is 14.7. The van der Waals surface area contributed by atoms with Crippen LogP contribution in [0.5, 0.6) is 0 Å². The lowest BCUT2D eigenvalue weighted by Crippen LogP contribution is -2.33. The maximum atomic E-state index is 14.5. The van der Waals surface area contributed by atoms with Crippen molar-refractivity contribution < 1.29 is 17.6 Å². The number of alkyl halides is 3. The number of halogens is 5. The lowest BCUT2D eigenvalue weighted by Gasteiger charge is -2.32. The molecule has 7 heteroatoms. The van der Waals surface area contributed by atoms with Gasteiger partial charge in [-0.25, -0.2) is 4.39 Å². The van der Waals surface area contributed by atoms with Crippen molar-refractivity contribution in [1.29, 1.82) is 0 Å². The van der Waals surface area contributed by atoms with Crippen LogP contribution in [-0.4, -0.2) is 31.1 Å². The molecule has 3 rings (SSSR count). The van der Waals surface area contributed by atoms with E-state index in [1.54, 1.807) is 24.3 Å². The van der Waals surface area contributed by atoms with Crippen LogP contribution in [0.1, 0.15) is 29.2 Å². The lowest BCUT2D eigenvalue weighted by molar-refractivity contribution is -0.137. The Bertz CT molecular complexity index is 755. The molecule has 1 atom stereocenters. The van der Waals surface area contributed by atoms with Crippen LogP contribution in [0.4, 0.5) is 17.6 Å². The third kappa shape index (κ3) is 4.19. The number of hydrogen-bond acceptors (Lipinski definition) is 2. The first kappa shape index (κ1) is 19.1. The van der Waals surface area contributed by atoms with E-state index < -0.39 is 23.6 Å². The summed E-state index contributed by atoms with van der Waals surface area (Å²) >= 11 is 5.76. The van der Waals surface area contributed by atoms with Gasteiger partial charge in [-0.1, -0.05) is 35.9 Å². The molecule has 26 heavy (non-hydrogen) atoms. The fourth-order valence-corrected chi connectivity index (χ4v) is 3.56. The highest BCUT2D eigenvalue weighted by Gasteiger charge is 2.35. The van der Waals surface area contributed by atoms with Crippen LogP contribution >= 0.6 is 11.6 Å². The van der Waals surface area contributed by atoms with Crippen LogP contribution in [0.3, 0.4) is 0 Å². The number of hydrogen-bond donors (Lipinski definition) is 1. The van der Waals surface area contributed by atoms with Crippen molar-refractivity contribution in [3.05, 3.63) is 70.0 Å². The average Bonchev–Trinajstić information content (AvgIpc) is 2.86. The van der Waals surface area contributed by atoms with Crippen molar-refractivity contribution in [1.82, 2.24) is 10.2 Å². The molecule has 0 saturated carbocycles. The molecule has 1 fully saturated rings. The van der Waals surface area contributed by atoms with Gasteiger partial charge in [0.15, 0.2) is 0 Å². The molecule has 1 aliphatic rings. The van der Waals surface area contributed by atoms with Gasteiger partial charge in [0.2, 0.25) is 0 Å². The van der Waals surface area contributed by atoms with Gasteiger partial charge in [0.25, 0.3) is 0 Å². The zero-order chi connectivity index (χ0) is 18.7. The molecule has 2 aromatic rings. The summed E-state index contributed by atoms with van der Waals surface area (Å²) in [5.41, 5.74) is -0.149. The summed E-state index contributed by atoms with van der Waals surface area (Å²) in [5.74, 6) is -0.432. The van der Waals surface area contributed by atoms with E-state index in [0.29, 0.717) is 30.8 Å². The standard InChI is InChI=1S/C19H19ClF4N2/c20-16-7-6-13(12-15(16)19(22,23)24)18(14-4-1-2-5-17(14)21)26-10-3-8-25-9-11-26/h1-2,4-7,12,18,25H,3,8-11H2. The van der Waals surface area contributed by atoms with E-state index in [1.807, 2.05) is 4.90 Å². The van der Waals surface area contributed by atoms with Crippen molar-refractivity contribution in [3.8, 4) is 0 Å². The summed E-state index contributed by atoms with van der Waals surface area (Å²) in [6.07, 6.45) is -3.72. The summed E-state index contributed by atoms with van der Waals surface area (Å²) < 4.78 is 54.4. The smallest absolute Gasteiger partial charge is 0.315 e. The van der Waals surface area contributed by atoms with Crippen molar-refractivity contribution in [2.45, 2.75) is 18.6 Å². The first-order valence-corrected chi connectivity index (χ1v) is 8.81. The molecule has 1 unspecified atom stereocenters. The Kier molecular flexibility index (Phi) is 5.85. The predicted molar refractivity (Wildman–Crippen MR) is 93.8 cm³/mol. The van der Waals surface area contributed by atoms with Crippen LogP contribution < -0.4 is 5.32 Å². The molecule has 1 saturated heterocycles. The van der Waals surface area contributed by atoms with Crippen molar-refractivity contribution in [3.63, 3.8) is 0 Å².